The lowest BCUT2D eigenvalue weighted by molar-refractivity contribution is 0.0334. The van der Waals surface area contributed by atoms with Crippen LogP contribution < -0.4 is 0 Å². The molecule has 2 fully saturated rings. The summed E-state index contributed by atoms with van der Waals surface area (Å²) < 4.78 is 5.83. The summed E-state index contributed by atoms with van der Waals surface area (Å²) in [6.45, 7) is 9.92. The Labute approximate surface area is 85.8 Å². The Morgan fingerprint density at radius 3 is 2.23 bits per heavy atom. The van der Waals surface area contributed by atoms with Crippen molar-refractivity contribution in [3.8, 4) is 0 Å². The van der Waals surface area contributed by atoms with Crippen LogP contribution in [0.5, 0.6) is 0 Å². The first-order valence-electron chi connectivity index (χ1n) is 5.06. The normalized spacial score (nSPS) is 45.5. The average molecular weight is 203 g/mol. The lowest BCUT2D eigenvalue weighted by Gasteiger charge is -2.16. The predicted octanol–water partition coefficient (Wildman–Crippen LogP) is 3.07. The number of rotatable bonds is 1. The highest BCUT2D eigenvalue weighted by Gasteiger charge is 2.73. The van der Waals surface area contributed by atoms with E-state index in [2.05, 4.69) is 27.7 Å². The highest BCUT2D eigenvalue weighted by atomic mass is 35.5. The molecule has 1 heterocycles. The summed E-state index contributed by atoms with van der Waals surface area (Å²) in [6.07, 6.45) is 1.17. The van der Waals surface area contributed by atoms with Gasteiger partial charge in [0, 0.05) is 11.3 Å². The van der Waals surface area contributed by atoms with Gasteiger partial charge in [-0.3, -0.25) is 0 Å². The molecule has 1 saturated heterocycles. The second-order valence-electron chi connectivity index (χ2n) is 5.81. The molecular formula is C11H19ClO. The monoisotopic (exact) mass is 202 g/mol. The van der Waals surface area contributed by atoms with Gasteiger partial charge in [0.2, 0.25) is 0 Å². The van der Waals surface area contributed by atoms with Crippen molar-refractivity contribution in [3.05, 3.63) is 0 Å². The molecule has 76 valence electrons. The van der Waals surface area contributed by atoms with Crippen molar-refractivity contribution in [1.29, 1.82) is 0 Å². The number of ether oxygens (including phenoxy) is 1. The molecule has 0 aromatic rings. The molecule has 1 nitrogen and oxygen atoms in total. The largest absolute Gasteiger partial charge is 0.375 e. The van der Waals surface area contributed by atoms with E-state index in [1.54, 1.807) is 0 Å². The summed E-state index contributed by atoms with van der Waals surface area (Å²) >= 11 is 5.99. The molecule has 0 aromatic carbocycles. The van der Waals surface area contributed by atoms with Gasteiger partial charge in [0.15, 0.2) is 0 Å². The van der Waals surface area contributed by atoms with E-state index in [9.17, 15) is 0 Å². The van der Waals surface area contributed by atoms with Gasteiger partial charge in [0.05, 0.1) is 12.2 Å². The zero-order valence-corrected chi connectivity index (χ0v) is 9.74. The van der Waals surface area contributed by atoms with Gasteiger partial charge in [0.25, 0.3) is 0 Å². The minimum atomic E-state index is 0.0675. The fourth-order valence-electron chi connectivity index (χ4n) is 3.23. The molecule has 2 unspecified atom stereocenters. The third-order valence-electron chi connectivity index (χ3n) is 4.35. The summed E-state index contributed by atoms with van der Waals surface area (Å²) in [6, 6.07) is 0. The summed E-state index contributed by atoms with van der Waals surface area (Å²) in [4.78, 5) is 0. The van der Waals surface area contributed by atoms with E-state index in [1.807, 2.05) is 0 Å². The quantitative estimate of drug-likeness (QED) is 0.594. The summed E-state index contributed by atoms with van der Waals surface area (Å²) in [7, 11) is 0. The minimum absolute atomic E-state index is 0.0675. The Kier molecular flexibility index (Phi) is 1.83. The smallest absolute Gasteiger partial charge is 0.0633 e. The van der Waals surface area contributed by atoms with Gasteiger partial charge in [-0.25, -0.2) is 0 Å². The molecule has 1 saturated carbocycles. The minimum Gasteiger partial charge on any atom is -0.375 e. The van der Waals surface area contributed by atoms with Crippen LogP contribution in [0.3, 0.4) is 0 Å². The summed E-state index contributed by atoms with van der Waals surface area (Å²) in [5, 5.41) is 0. The molecule has 1 aliphatic carbocycles. The maximum Gasteiger partial charge on any atom is 0.0633 e. The van der Waals surface area contributed by atoms with Crippen molar-refractivity contribution >= 4 is 11.6 Å². The van der Waals surface area contributed by atoms with Crippen molar-refractivity contribution in [2.24, 2.45) is 16.7 Å². The molecule has 0 N–H and O–H groups in total. The molecule has 2 rings (SSSR count). The molecule has 0 radical (unpaired) electrons. The van der Waals surface area contributed by atoms with Gasteiger partial charge < -0.3 is 4.74 Å². The second-order valence-corrected chi connectivity index (χ2v) is 6.12. The lowest BCUT2D eigenvalue weighted by atomic mass is 9.88. The Morgan fingerprint density at radius 1 is 1.31 bits per heavy atom. The van der Waals surface area contributed by atoms with Crippen LogP contribution in [0.25, 0.3) is 0 Å². The average Bonchev–Trinajstić information content (AvgIpc) is 2.31. The predicted molar refractivity (Wildman–Crippen MR) is 55.1 cm³/mol. The standard InChI is InChI=1S/C11H19ClO/c1-9(2)6-11(7-13-9)8(5-12)10(11,3)4/h8H,5-7H2,1-4H3. The Bertz CT molecular complexity index is 234. The van der Waals surface area contributed by atoms with Crippen molar-refractivity contribution in [3.63, 3.8) is 0 Å². The zero-order chi connectivity index (χ0) is 9.91. The Hall–Kier alpha value is 0.250. The highest BCUT2D eigenvalue weighted by molar-refractivity contribution is 6.18. The van der Waals surface area contributed by atoms with E-state index in [4.69, 9.17) is 16.3 Å². The van der Waals surface area contributed by atoms with Crippen LogP contribution in [0, 0.1) is 16.7 Å². The highest BCUT2D eigenvalue weighted by Crippen LogP contribution is 2.74. The molecule has 1 aliphatic heterocycles. The Balaban J connectivity index is 2.19. The third kappa shape index (κ3) is 1.10. The topological polar surface area (TPSA) is 9.23 Å². The van der Waals surface area contributed by atoms with Crippen LogP contribution in [-0.4, -0.2) is 18.1 Å². The number of hydrogen-bond acceptors (Lipinski definition) is 1. The third-order valence-corrected chi connectivity index (χ3v) is 4.66. The van der Waals surface area contributed by atoms with Gasteiger partial charge in [-0.2, -0.15) is 0 Å². The first-order valence-corrected chi connectivity index (χ1v) is 5.59. The molecule has 0 amide bonds. The van der Waals surface area contributed by atoms with Gasteiger partial charge in [-0.15, -0.1) is 11.6 Å². The molecule has 13 heavy (non-hydrogen) atoms. The van der Waals surface area contributed by atoms with E-state index in [-0.39, 0.29) is 5.60 Å². The SMILES string of the molecule is CC1(C)CC2(CO1)C(CCl)C2(C)C. The molecule has 0 bridgehead atoms. The lowest BCUT2D eigenvalue weighted by Crippen LogP contribution is -2.17. The maximum absolute atomic E-state index is 5.99. The van der Waals surface area contributed by atoms with Gasteiger partial charge in [-0.1, -0.05) is 13.8 Å². The van der Waals surface area contributed by atoms with E-state index >= 15 is 0 Å². The fourth-order valence-corrected chi connectivity index (χ4v) is 3.91. The maximum atomic E-state index is 5.99. The first kappa shape index (κ1) is 9.79. The molecule has 0 aromatic heterocycles. The van der Waals surface area contributed by atoms with Gasteiger partial charge >= 0.3 is 0 Å². The molecule has 2 heteroatoms. The first-order chi connectivity index (χ1) is 5.86. The van der Waals surface area contributed by atoms with Crippen LogP contribution >= 0.6 is 11.6 Å². The molecule has 2 aliphatic rings. The zero-order valence-electron chi connectivity index (χ0n) is 8.98. The van der Waals surface area contributed by atoms with Crippen LogP contribution in [0.2, 0.25) is 0 Å². The molecular weight excluding hydrogens is 184 g/mol. The van der Waals surface area contributed by atoms with E-state index < -0.39 is 0 Å². The second kappa shape index (κ2) is 2.43. The van der Waals surface area contributed by atoms with Gasteiger partial charge in [0.1, 0.15) is 0 Å². The number of halogens is 1. The van der Waals surface area contributed by atoms with Crippen molar-refractivity contribution in [1.82, 2.24) is 0 Å². The van der Waals surface area contributed by atoms with Crippen LogP contribution in [0.4, 0.5) is 0 Å². The summed E-state index contributed by atoms with van der Waals surface area (Å²) in [5.41, 5.74) is 0.846. The fraction of sp³-hybridized carbons (Fsp3) is 1.00. The van der Waals surface area contributed by atoms with Crippen LogP contribution in [0.15, 0.2) is 0 Å². The molecule has 1 spiro atoms. The molecule has 2 atom stereocenters. The number of hydrogen-bond donors (Lipinski definition) is 0. The van der Waals surface area contributed by atoms with Crippen molar-refractivity contribution < 1.29 is 4.74 Å². The van der Waals surface area contributed by atoms with Crippen molar-refractivity contribution in [2.75, 3.05) is 12.5 Å². The Morgan fingerprint density at radius 2 is 1.92 bits per heavy atom. The van der Waals surface area contributed by atoms with E-state index in [1.165, 1.54) is 6.42 Å². The van der Waals surface area contributed by atoms with E-state index in [0.717, 1.165) is 12.5 Å². The van der Waals surface area contributed by atoms with Gasteiger partial charge in [-0.05, 0) is 31.6 Å². The van der Waals surface area contributed by atoms with Crippen molar-refractivity contribution in [2.45, 2.75) is 39.7 Å². The van der Waals surface area contributed by atoms with Crippen LogP contribution in [-0.2, 0) is 4.74 Å². The number of alkyl halides is 1. The van der Waals surface area contributed by atoms with E-state index in [0.29, 0.717) is 16.7 Å². The summed E-state index contributed by atoms with van der Waals surface area (Å²) in [5.74, 6) is 1.44. The van der Waals surface area contributed by atoms with Crippen LogP contribution in [0.1, 0.15) is 34.1 Å².